The maximum Gasteiger partial charge on any atom is 0.216 e. The van der Waals surface area contributed by atoms with E-state index in [9.17, 15) is 8.78 Å². The Balaban J connectivity index is 2.29. The maximum absolute atomic E-state index is 14.0. The van der Waals surface area contributed by atoms with Crippen molar-refractivity contribution in [3.05, 3.63) is 52.4 Å². The molecule has 1 heterocycles. The topological polar surface area (TPSA) is 47.0 Å². The van der Waals surface area contributed by atoms with Crippen LogP contribution in [-0.2, 0) is 6.42 Å². The maximum atomic E-state index is 14.0. The fourth-order valence-electron chi connectivity index (χ4n) is 1.98. The smallest absolute Gasteiger partial charge is 0.216 e. The van der Waals surface area contributed by atoms with Gasteiger partial charge in [-0.25, -0.2) is 18.7 Å². The van der Waals surface area contributed by atoms with Gasteiger partial charge in [-0.05, 0) is 19.2 Å². The van der Waals surface area contributed by atoms with E-state index in [1.165, 1.54) is 13.4 Å². The Labute approximate surface area is 126 Å². The Morgan fingerprint density at radius 1 is 1.24 bits per heavy atom. The Morgan fingerprint density at radius 3 is 2.67 bits per heavy atom. The number of aromatic nitrogens is 2. The molecule has 1 unspecified atom stereocenters. The molecule has 1 aromatic carbocycles. The van der Waals surface area contributed by atoms with Crippen molar-refractivity contribution in [1.82, 2.24) is 15.3 Å². The second-order valence-electron chi connectivity index (χ2n) is 4.38. The molecule has 0 fully saturated rings. The van der Waals surface area contributed by atoms with Crippen LogP contribution < -0.4 is 10.1 Å². The summed E-state index contributed by atoms with van der Waals surface area (Å²) in [5.74, 6) is -0.812. The summed E-state index contributed by atoms with van der Waals surface area (Å²) in [6.07, 6.45) is 1.72. The van der Waals surface area contributed by atoms with Crippen LogP contribution in [0.25, 0.3) is 0 Å². The van der Waals surface area contributed by atoms with Crippen molar-refractivity contribution in [3.63, 3.8) is 0 Å². The summed E-state index contributed by atoms with van der Waals surface area (Å²) < 4.78 is 32.5. The number of methoxy groups -OCH3 is 1. The molecule has 0 aliphatic heterocycles. The fraction of sp³-hybridized carbons (Fsp3) is 0.286. The van der Waals surface area contributed by atoms with Crippen LogP contribution in [-0.4, -0.2) is 24.1 Å². The van der Waals surface area contributed by atoms with Gasteiger partial charge in [0.15, 0.2) is 0 Å². The van der Waals surface area contributed by atoms with E-state index >= 15 is 0 Å². The lowest BCUT2D eigenvalue weighted by atomic mass is 10.0. The average Bonchev–Trinajstić information content (AvgIpc) is 2.49. The fourth-order valence-corrected chi connectivity index (χ4v) is 2.13. The third kappa shape index (κ3) is 3.65. The van der Waals surface area contributed by atoms with E-state index in [0.29, 0.717) is 18.0 Å². The molecule has 112 valence electrons. The van der Waals surface area contributed by atoms with E-state index in [1.807, 2.05) is 0 Å². The van der Waals surface area contributed by atoms with Crippen LogP contribution >= 0.6 is 11.6 Å². The van der Waals surface area contributed by atoms with E-state index in [-0.39, 0.29) is 10.6 Å². The standard InChI is InChI=1S/C14H14ClF2N3O/c1-18-13(3-8-4-14(21-2)20-7-19-8)9-5-12(17)10(15)6-11(9)16/h4-7,13,18H,3H2,1-2H3. The van der Waals surface area contributed by atoms with E-state index in [4.69, 9.17) is 16.3 Å². The quantitative estimate of drug-likeness (QED) is 0.862. The van der Waals surface area contributed by atoms with Gasteiger partial charge in [-0.15, -0.1) is 0 Å². The largest absolute Gasteiger partial charge is 0.481 e. The first kappa shape index (κ1) is 15.6. The van der Waals surface area contributed by atoms with E-state index < -0.39 is 17.7 Å². The number of likely N-dealkylation sites (N-methyl/N-ethyl adjacent to an activating group) is 1. The first-order chi connectivity index (χ1) is 10.0. The first-order valence-corrected chi connectivity index (χ1v) is 6.59. The summed E-state index contributed by atoms with van der Waals surface area (Å²) in [6.45, 7) is 0. The highest BCUT2D eigenvalue weighted by Gasteiger charge is 2.18. The van der Waals surface area contributed by atoms with E-state index in [1.54, 1.807) is 13.1 Å². The molecule has 0 aliphatic carbocycles. The van der Waals surface area contributed by atoms with Crippen molar-refractivity contribution in [2.75, 3.05) is 14.2 Å². The molecule has 4 nitrogen and oxygen atoms in total. The number of ether oxygens (including phenoxy) is 1. The highest BCUT2D eigenvalue weighted by molar-refractivity contribution is 6.30. The predicted molar refractivity (Wildman–Crippen MR) is 75.5 cm³/mol. The van der Waals surface area contributed by atoms with Crippen LogP contribution in [0, 0.1) is 11.6 Å². The number of benzene rings is 1. The molecular weight excluding hydrogens is 300 g/mol. The van der Waals surface area contributed by atoms with Crippen LogP contribution in [0.5, 0.6) is 5.88 Å². The molecule has 7 heteroatoms. The average molecular weight is 314 g/mol. The zero-order chi connectivity index (χ0) is 15.4. The van der Waals surface area contributed by atoms with Gasteiger partial charge in [0.2, 0.25) is 5.88 Å². The zero-order valence-electron chi connectivity index (χ0n) is 11.5. The minimum Gasteiger partial charge on any atom is -0.481 e. The Hall–Kier alpha value is -1.79. The molecule has 2 aromatic rings. The van der Waals surface area contributed by atoms with Crippen molar-refractivity contribution in [2.45, 2.75) is 12.5 Å². The van der Waals surface area contributed by atoms with Gasteiger partial charge in [-0.3, -0.25) is 0 Å². The van der Waals surface area contributed by atoms with Crippen LogP contribution in [0.4, 0.5) is 8.78 Å². The van der Waals surface area contributed by atoms with Crippen molar-refractivity contribution < 1.29 is 13.5 Å². The van der Waals surface area contributed by atoms with Gasteiger partial charge in [0.25, 0.3) is 0 Å². The van der Waals surface area contributed by atoms with Crippen molar-refractivity contribution in [3.8, 4) is 5.88 Å². The molecule has 0 radical (unpaired) electrons. The molecular formula is C14H14ClF2N3O. The Kier molecular flexibility index (Phi) is 5.03. The number of nitrogens with one attached hydrogen (secondary N) is 1. The van der Waals surface area contributed by atoms with E-state index in [2.05, 4.69) is 15.3 Å². The SMILES string of the molecule is CNC(Cc1cc(OC)ncn1)c1cc(F)c(Cl)cc1F. The summed E-state index contributed by atoms with van der Waals surface area (Å²) in [6, 6.07) is 3.26. The van der Waals surface area contributed by atoms with Gasteiger partial charge in [0, 0.05) is 29.8 Å². The van der Waals surface area contributed by atoms with Crippen molar-refractivity contribution in [2.24, 2.45) is 0 Å². The zero-order valence-corrected chi connectivity index (χ0v) is 12.3. The summed E-state index contributed by atoms with van der Waals surface area (Å²) >= 11 is 5.56. The molecule has 2 rings (SSSR count). The number of halogens is 3. The highest BCUT2D eigenvalue weighted by Crippen LogP contribution is 2.26. The Bertz CT molecular complexity index is 640. The Morgan fingerprint density at radius 2 is 2.00 bits per heavy atom. The summed E-state index contributed by atoms with van der Waals surface area (Å²) in [5, 5.41) is 2.70. The van der Waals surface area contributed by atoms with Gasteiger partial charge in [0.05, 0.1) is 12.1 Å². The minimum atomic E-state index is -0.659. The monoisotopic (exact) mass is 313 g/mol. The molecule has 0 amide bonds. The van der Waals surface area contributed by atoms with Crippen molar-refractivity contribution >= 4 is 11.6 Å². The van der Waals surface area contributed by atoms with Crippen LogP contribution in [0.3, 0.4) is 0 Å². The molecule has 1 atom stereocenters. The minimum absolute atomic E-state index is 0.192. The summed E-state index contributed by atoms with van der Waals surface area (Å²) in [7, 11) is 3.16. The number of rotatable bonds is 5. The highest BCUT2D eigenvalue weighted by atomic mass is 35.5. The summed E-state index contributed by atoms with van der Waals surface area (Å²) in [5.41, 5.74) is 0.841. The van der Waals surface area contributed by atoms with Gasteiger partial charge >= 0.3 is 0 Å². The first-order valence-electron chi connectivity index (χ1n) is 6.21. The van der Waals surface area contributed by atoms with Gasteiger partial charge in [0.1, 0.15) is 18.0 Å². The lowest BCUT2D eigenvalue weighted by Gasteiger charge is -2.17. The molecule has 0 saturated carbocycles. The molecule has 1 N–H and O–H groups in total. The van der Waals surface area contributed by atoms with Gasteiger partial charge in [-0.2, -0.15) is 0 Å². The lowest BCUT2D eigenvalue weighted by molar-refractivity contribution is 0.395. The predicted octanol–water partition coefficient (Wildman–Crippen LogP) is 2.92. The third-order valence-corrected chi connectivity index (χ3v) is 3.37. The second-order valence-corrected chi connectivity index (χ2v) is 4.79. The second kappa shape index (κ2) is 6.78. The van der Waals surface area contributed by atoms with Crippen LogP contribution in [0.1, 0.15) is 17.3 Å². The molecule has 0 aliphatic rings. The van der Waals surface area contributed by atoms with E-state index in [0.717, 1.165) is 12.1 Å². The number of hydrogen-bond acceptors (Lipinski definition) is 4. The van der Waals surface area contributed by atoms with Gasteiger partial charge < -0.3 is 10.1 Å². The molecule has 1 aromatic heterocycles. The van der Waals surface area contributed by atoms with Crippen LogP contribution in [0.15, 0.2) is 24.5 Å². The molecule has 0 saturated heterocycles. The third-order valence-electron chi connectivity index (χ3n) is 3.08. The molecule has 0 bridgehead atoms. The normalized spacial score (nSPS) is 12.2. The summed E-state index contributed by atoms with van der Waals surface area (Å²) in [4.78, 5) is 8.00. The molecule has 21 heavy (non-hydrogen) atoms. The van der Waals surface area contributed by atoms with Crippen LogP contribution in [0.2, 0.25) is 5.02 Å². The van der Waals surface area contributed by atoms with Crippen molar-refractivity contribution in [1.29, 1.82) is 0 Å². The van der Waals surface area contributed by atoms with Gasteiger partial charge in [-0.1, -0.05) is 11.6 Å². The number of nitrogens with zero attached hydrogens (tertiary/aromatic N) is 2. The molecule has 0 spiro atoms. The lowest BCUT2D eigenvalue weighted by Crippen LogP contribution is -2.21. The number of hydrogen-bond donors (Lipinski definition) is 1.